The number of hydrogen-bond donors (Lipinski definition) is 0. The van der Waals surface area contributed by atoms with Crippen LogP contribution in [0.1, 0.15) is 32.1 Å². The minimum atomic E-state index is -5.09. The summed E-state index contributed by atoms with van der Waals surface area (Å²) >= 11 is 0. The molecule has 1 atom stereocenters. The van der Waals surface area contributed by atoms with E-state index in [4.69, 9.17) is 0 Å². The number of carbonyl (C=O) groups excluding carboxylic acids is 1. The SMILES string of the molecule is O=C1CC([B-](F)(F)F)C12CCC(F)(F)CC2.[K+]. The van der Waals surface area contributed by atoms with E-state index in [0.717, 1.165) is 0 Å². The molecular weight excluding hydrogens is 269 g/mol. The molecule has 1 spiro atoms. The van der Waals surface area contributed by atoms with E-state index in [2.05, 4.69) is 0 Å². The van der Waals surface area contributed by atoms with Gasteiger partial charge in [0.15, 0.2) is 0 Å². The van der Waals surface area contributed by atoms with E-state index in [0.29, 0.717) is 0 Å². The maximum atomic E-state index is 12.9. The minimum Gasteiger partial charge on any atom is -0.449 e. The van der Waals surface area contributed by atoms with Crippen molar-refractivity contribution in [3.8, 4) is 0 Å². The second kappa shape index (κ2) is 4.85. The number of ketones is 1. The Bertz CT molecular complexity index is 320. The van der Waals surface area contributed by atoms with Gasteiger partial charge < -0.3 is 12.9 Å². The van der Waals surface area contributed by atoms with Crippen molar-refractivity contribution in [2.75, 3.05) is 0 Å². The quantitative estimate of drug-likeness (QED) is 0.501. The first kappa shape index (κ1) is 16.1. The molecule has 0 aliphatic heterocycles. The van der Waals surface area contributed by atoms with Crippen LogP contribution < -0.4 is 51.4 Å². The normalized spacial score (nSPS) is 30.6. The maximum absolute atomic E-state index is 12.9. The van der Waals surface area contributed by atoms with Gasteiger partial charge in [0.2, 0.25) is 5.92 Å². The molecule has 0 bridgehead atoms. The van der Waals surface area contributed by atoms with Crippen LogP contribution in [0.25, 0.3) is 0 Å². The molecule has 0 N–H and O–H groups in total. The fourth-order valence-electron chi connectivity index (χ4n) is 2.88. The Morgan fingerprint density at radius 3 is 1.88 bits per heavy atom. The van der Waals surface area contributed by atoms with Crippen molar-refractivity contribution in [1.82, 2.24) is 0 Å². The van der Waals surface area contributed by atoms with Gasteiger partial charge in [-0.25, -0.2) is 8.78 Å². The Labute approximate surface area is 138 Å². The second-order valence-electron chi connectivity index (χ2n) is 4.87. The molecule has 0 aromatic heterocycles. The summed E-state index contributed by atoms with van der Waals surface area (Å²) in [6.07, 6.45) is -2.33. The van der Waals surface area contributed by atoms with Gasteiger partial charge in [0.1, 0.15) is 5.78 Å². The first-order valence-electron chi connectivity index (χ1n) is 5.28. The first-order chi connectivity index (χ1) is 7.17. The van der Waals surface area contributed by atoms with Crippen LogP contribution in [0, 0.1) is 5.41 Å². The van der Waals surface area contributed by atoms with Crippen molar-refractivity contribution in [3.05, 3.63) is 0 Å². The van der Waals surface area contributed by atoms with Gasteiger partial charge in [0, 0.05) is 18.3 Å². The van der Waals surface area contributed by atoms with Gasteiger partial charge in [-0.05, 0) is 19.3 Å². The van der Waals surface area contributed by atoms with Crippen molar-refractivity contribution in [2.24, 2.45) is 5.41 Å². The van der Waals surface area contributed by atoms with Crippen LogP contribution in [0.5, 0.6) is 0 Å². The van der Waals surface area contributed by atoms with Crippen LogP contribution in [0.4, 0.5) is 21.7 Å². The molecule has 92 valence electrons. The molecule has 0 aromatic rings. The molecule has 2 saturated carbocycles. The van der Waals surface area contributed by atoms with Gasteiger partial charge in [0.25, 0.3) is 0 Å². The molecule has 0 amide bonds. The summed E-state index contributed by atoms with van der Waals surface area (Å²) in [5, 5.41) is 0. The van der Waals surface area contributed by atoms with E-state index in [1.165, 1.54) is 0 Å². The van der Waals surface area contributed by atoms with Crippen molar-refractivity contribution in [2.45, 2.75) is 43.8 Å². The van der Waals surface area contributed by atoms with Crippen molar-refractivity contribution < 1.29 is 77.9 Å². The average Bonchev–Trinajstić information content (AvgIpc) is 2.12. The Kier molecular flexibility index (Phi) is 4.58. The minimum absolute atomic E-state index is 0. The fourth-order valence-corrected chi connectivity index (χ4v) is 2.88. The Morgan fingerprint density at radius 2 is 1.53 bits per heavy atom. The summed E-state index contributed by atoms with van der Waals surface area (Å²) < 4.78 is 63.6. The van der Waals surface area contributed by atoms with E-state index >= 15 is 0 Å². The molecule has 0 heterocycles. The summed E-state index contributed by atoms with van der Waals surface area (Å²) in [5.74, 6) is -5.02. The van der Waals surface area contributed by atoms with E-state index in [1.54, 1.807) is 0 Å². The molecule has 1 nitrogen and oxygen atoms in total. The molecule has 0 saturated heterocycles. The molecule has 8 heteroatoms. The molecule has 1 unspecified atom stereocenters. The van der Waals surface area contributed by atoms with Gasteiger partial charge in [-0.1, -0.05) is 5.82 Å². The van der Waals surface area contributed by atoms with Gasteiger partial charge >= 0.3 is 58.4 Å². The monoisotopic (exact) mass is 280 g/mol. The number of Topliss-reactive ketones (excluding diaryl/α,β-unsaturated/α-hetero) is 1. The number of hydrogen-bond acceptors (Lipinski definition) is 1. The summed E-state index contributed by atoms with van der Waals surface area (Å²) in [5.41, 5.74) is -1.50. The van der Waals surface area contributed by atoms with Crippen LogP contribution in [0.2, 0.25) is 5.82 Å². The molecule has 2 fully saturated rings. The molecule has 2 rings (SSSR count). The second-order valence-corrected chi connectivity index (χ2v) is 4.87. The number of halogens is 5. The van der Waals surface area contributed by atoms with Crippen molar-refractivity contribution >= 4 is 12.8 Å². The van der Waals surface area contributed by atoms with Gasteiger partial charge in [-0.15, -0.1) is 0 Å². The van der Waals surface area contributed by atoms with Crippen molar-refractivity contribution in [1.29, 1.82) is 0 Å². The number of alkyl halides is 2. The Morgan fingerprint density at radius 1 is 1.06 bits per heavy atom. The first-order valence-corrected chi connectivity index (χ1v) is 5.28. The molecule has 0 aromatic carbocycles. The largest absolute Gasteiger partial charge is 1.00 e. The molecule has 2 aliphatic rings. The van der Waals surface area contributed by atoms with E-state index in [1.807, 2.05) is 0 Å². The molecular formula is C9H11BF5KO. The number of rotatable bonds is 1. The number of carbonyl (C=O) groups is 1. The summed E-state index contributed by atoms with van der Waals surface area (Å²) in [6.45, 7) is -5.09. The third-order valence-electron chi connectivity index (χ3n) is 4.00. The zero-order chi connectivity index (χ0) is 12.2. The smallest absolute Gasteiger partial charge is 0.449 e. The predicted octanol–water partition coefficient (Wildman–Crippen LogP) is 0.376. The van der Waals surface area contributed by atoms with Crippen LogP contribution in [-0.4, -0.2) is 18.7 Å². The van der Waals surface area contributed by atoms with Crippen LogP contribution in [0.15, 0.2) is 0 Å². The third-order valence-corrected chi connectivity index (χ3v) is 4.00. The van der Waals surface area contributed by atoms with Crippen LogP contribution >= 0.6 is 0 Å². The predicted molar refractivity (Wildman–Crippen MR) is 48.3 cm³/mol. The zero-order valence-electron chi connectivity index (χ0n) is 9.49. The Balaban J connectivity index is 0.00000144. The fraction of sp³-hybridized carbons (Fsp3) is 0.889. The Hall–Kier alpha value is 1.02. The topological polar surface area (TPSA) is 17.1 Å². The van der Waals surface area contributed by atoms with Gasteiger partial charge in [-0.3, -0.25) is 4.79 Å². The van der Waals surface area contributed by atoms with E-state index in [9.17, 15) is 26.5 Å². The van der Waals surface area contributed by atoms with Gasteiger partial charge in [0.05, 0.1) is 0 Å². The average molecular weight is 280 g/mol. The van der Waals surface area contributed by atoms with Gasteiger partial charge in [-0.2, -0.15) is 0 Å². The molecule has 17 heavy (non-hydrogen) atoms. The third kappa shape index (κ3) is 2.80. The summed E-state index contributed by atoms with van der Waals surface area (Å²) in [6, 6.07) is 0. The van der Waals surface area contributed by atoms with Crippen molar-refractivity contribution in [3.63, 3.8) is 0 Å². The maximum Gasteiger partial charge on any atom is 1.00 e. The summed E-state index contributed by atoms with van der Waals surface area (Å²) in [4.78, 5) is 11.3. The van der Waals surface area contributed by atoms with E-state index < -0.39 is 49.2 Å². The zero-order valence-corrected chi connectivity index (χ0v) is 12.6. The molecule has 0 radical (unpaired) electrons. The van der Waals surface area contributed by atoms with Crippen LogP contribution in [0.3, 0.4) is 0 Å². The summed E-state index contributed by atoms with van der Waals surface area (Å²) in [7, 11) is 0. The van der Waals surface area contributed by atoms with E-state index in [-0.39, 0.29) is 64.2 Å². The van der Waals surface area contributed by atoms with Crippen LogP contribution in [-0.2, 0) is 4.79 Å². The standard InChI is InChI=1S/C9H11BF5O.K/c11-9(12)3-1-8(2-4-9)6(5-7(8)16)10(13,14)15;/h6H,1-5H2;/q-1;+1. The molecule has 2 aliphatic carbocycles.